The standard InChI is InChI=1S/C14H25N3O2/c1-3-5-6-9-16-14(15-4-2)17-11-12(18)13-8-7-10-19-13/h7-8,10,12,18H,3-6,9,11H2,1-2H3,(H2,15,16,17). The van der Waals surface area contributed by atoms with Gasteiger partial charge >= 0.3 is 0 Å². The Bertz CT molecular complexity index is 350. The molecule has 3 N–H and O–H groups in total. The number of unbranched alkanes of at least 4 members (excludes halogenated alkanes) is 2. The Kier molecular flexibility index (Phi) is 7.74. The van der Waals surface area contributed by atoms with Gasteiger partial charge in [-0.25, -0.2) is 0 Å². The first-order chi connectivity index (χ1) is 9.27. The normalized spacial score (nSPS) is 13.3. The van der Waals surface area contributed by atoms with Crippen molar-refractivity contribution in [2.75, 3.05) is 19.6 Å². The topological polar surface area (TPSA) is 69.8 Å². The van der Waals surface area contributed by atoms with Crippen LogP contribution in [0.15, 0.2) is 27.8 Å². The number of furan rings is 1. The van der Waals surface area contributed by atoms with Crippen molar-refractivity contribution in [2.45, 2.75) is 39.2 Å². The van der Waals surface area contributed by atoms with Gasteiger partial charge in [0.1, 0.15) is 11.9 Å². The molecule has 108 valence electrons. The molecule has 1 aromatic heterocycles. The minimum atomic E-state index is -0.693. The number of aliphatic hydroxyl groups is 1. The van der Waals surface area contributed by atoms with Gasteiger partial charge in [-0.2, -0.15) is 0 Å². The second kappa shape index (κ2) is 9.44. The van der Waals surface area contributed by atoms with Gasteiger partial charge in [-0.15, -0.1) is 0 Å². The van der Waals surface area contributed by atoms with Crippen molar-refractivity contribution in [3.63, 3.8) is 0 Å². The molecule has 0 fully saturated rings. The fourth-order valence-corrected chi connectivity index (χ4v) is 1.67. The Morgan fingerprint density at radius 2 is 2.21 bits per heavy atom. The summed E-state index contributed by atoms with van der Waals surface area (Å²) in [7, 11) is 0. The van der Waals surface area contributed by atoms with Crippen molar-refractivity contribution in [1.29, 1.82) is 0 Å². The molecule has 0 aliphatic heterocycles. The molecule has 5 heteroatoms. The van der Waals surface area contributed by atoms with Crippen LogP contribution in [0.1, 0.15) is 45.0 Å². The van der Waals surface area contributed by atoms with Crippen LogP contribution in [0, 0.1) is 0 Å². The number of aliphatic hydroxyl groups excluding tert-OH is 1. The van der Waals surface area contributed by atoms with E-state index in [1.54, 1.807) is 18.4 Å². The molecule has 0 saturated heterocycles. The van der Waals surface area contributed by atoms with E-state index in [1.807, 2.05) is 6.92 Å². The summed E-state index contributed by atoms with van der Waals surface area (Å²) in [6, 6.07) is 3.51. The molecular formula is C14H25N3O2. The molecular weight excluding hydrogens is 242 g/mol. The zero-order chi connectivity index (χ0) is 13.9. The lowest BCUT2D eigenvalue weighted by Crippen LogP contribution is -2.38. The number of guanidine groups is 1. The third kappa shape index (κ3) is 6.29. The number of nitrogens with zero attached hydrogens (tertiary/aromatic N) is 1. The fourth-order valence-electron chi connectivity index (χ4n) is 1.67. The summed E-state index contributed by atoms with van der Waals surface area (Å²) in [5.41, 5.74) is 0. The molecule has 1 heterocycles. The number of hydrogen-bond acceptors (Lipinski definition) is 3. The second-order valence-corrected chi connectivity index (χ2v) is 4.38. The van der Waals surface area contributed by atoms with Crippen molar-refractivity contribution < 1.29 is 9.52 Å². The molecule has 1 rings (SSSR count). The van der Waals surface area contributed by atoms with E-state index in [0.717, 1.165) is 25.5 Å². The molecule has 5 nitrogen and oxygen atoms in total. The Morgan fingerprint density at radius 1 is 1.37 bits per heavy atom. The van der Waals surface area contributed by atoms with E-state index in [-0.39, 0.29) is 6.54 Å². The molecule has 0 aliphatic carbocycles. The zero-order valence-electron chi connectivity index (χ0n) is 11.9. The van der Waals surface area contributed by atoms with Crippen LogP contribution in [0.3, 0.4) is 0 Å². The first-order valence-electron chi connectivity index (χ1n) is 7.01. The Morgan fingerprint density at radius 3 is 2.84 bits per heavy atom. The van der Waals surface area contributed by atoms with E-state index in [9.17, 15) is 5.11 Å². The van der Waals surface area contributed by atoms with E-state index in [0.29, 0.717) is 5.76 Å². The lowest BCUT2D eigenvalue weighted by atomic mass is 10.2. The van der Waals surface area contributed by atoms with Crippen LogP contribution in [-0.2, 0) is 0 Å². The number of hydrogen-bond donors (Lipinski definition) is 3. The number of rotatable bonds is 8. The highest BCUT2D eigenvalue weighted by Gasteiger charge is 2.09. The summed E-state index contributed by atoms with van der Waals surface area (Å²) in [4.78, 5) is 4.35. The van der Waals surface area contributed by atoms with Crippen molar-refractivity contribution in [3.8, 4) is 0 Å². The van der Waals surface area contributed by atoms with E-state index >= 15 is 0 Å². The maximum atomic E-state index is 9.88. The summed E-state index contributed by atoms with van der Waals surface area (Å²) < 4.78 is 5.14. The molecule has 0 spiro atoms. The molecule has 0 aliphatic rings. The first-order valence-corrected chi connectivity index (χ1v) is 7.01. The molecule has 0 amide bonds. The molecule has 0 bridgehead atoms. The van der Waals surface area contributed by atoms with E-state index in [1.165, 1.54) is 12.8 Å². The lowest BCUT2D eigenvalue weighted by molar-refractivity contribution is 0.158. The van der Waals surface area contributed by atoms with Gasteiger partial charge in [0.2, 0.25) is 0 Å². The summed E-state index contributed by atoms with van der Waals surface area (Å²) in [6.07, 6.45) is 4.40. The maximum Gasteiger partial charge on any atom is 0.191 e. The average molecular weight is 267 g/mol. The second-order valence-electron chi connectivity index (χ2n) is 4.38. The van der Waals surface area contributed by atoms with Gasteiger partial charge in [0.05, 0.1) is 12.8 Å². The number of nitrogens with one attached hydrogen (secondary N) is 2. The predicted molar refractivity (Wildman–Crippen MR) is 77.2 cm³/mol. The molecule has 1 unspecified atom stereocenters. The van der Waals surface area contributed by atoms with Crippen LogP contribution < -0.4 is 10.6 Å². The van der Waals surface area contributed by atoms with Gasteiger partial charge < -0.3 is 20.2 Å². The molecule has 19 heavy (non-hydrogen) atoms. The average Bonchev–Trinajstić information content (AvgIpc) is 2.94. The van der Waals surface area contributed by atoms with Crippen molar-refractivity contribution in [3.05, 3.63) is 24.2 Å². The van der Waals surface area contributed by atoms with Crippen LogP contribution in [0.5, 0.6) is 0 Å². The summed E-state index contributed by atoms with van der Waals surface area (Å²) in [5, 5.41) is 16.3. The Hall–Kier alpha value is -1.49. The zero-order valence-corrected chi connectivity index (χ0v) is 11.9. The summed E-state index contributed by atoms with van der Waals surface area (Å²) in [6.45, 7) is 6.19. The molecule has 1 atom stereocenters. The summed E-state index contributed by atoms with van der Waals surface area (Å²) >= 11 is 0. The fraction of sp³-hybridized carbons (Fsp3) is 0.643. The molecule has 1 aromatic rings. The van der Waals surface area contributed by atoms with Gasteiger partial charge in [-0.3, -0.25) is 4.99 Å². The smallest absolute Gasteiger partial charge is 0.191 e. The third-order valence-electron chi connectivity index (χ3n) is 2.71. The predicted octanol–water partition coefficient (Wildman–Crippen LogP) is 2.06. The van der Waals surface area contributed by atoms with Gasteiger partial charge in [-0.1, -0.05) is 19.8 Å². The molecule has 0 aromatic carbocycles. The number of aliphatic imine (C=N–C) groups is 1. The van der Waals surface area contributed by atoms with Crippen LogP contribution in [0.2, 0.25) is 0 Å². The highest BCUT2D eigenvalue weighted by atomic mass is 16.4. The van der Waals surface area contributed by atoms with E-state index in [4.69, 9.17) is 4.42 Å². The Labute approximate surface area is 115 Å². The first kappa shape index (κ1) is 15.6. The SMILES string of the molecule is CCCCCNC(=NCC(O)c1ccco1)NCC. The van der Waals surface area contributed by atoms with Gasteiger partial charge in [0, 0.05) is 13.1 Å². The minimum absolute atomic E-state index is 0.288. The van der Waals surface area contributed by atoms with Crippen molar-refractivity contribution in [1.82, 2.24) is 10.6 Å². The van der Waals surface area contributed by atoms with Crippen molar-refractivity contribution in [2.24, 2.45) is 4.99 Å². The highest BCUT2D eigenvalue weighted by Crippen LogP contribution is 2.12. The van der Waals surface area contributed by atoms with E-state index < -0.39 is 6.10 Å². The maximum absolute atomic E-state index is 9.88. The van der Waals surface area contributed by atoms with Gasteiger partial charge in [0.15, 0.2) is 5.96 Å². The largest absolute Gasteiger partial charge is 0.467 e. The minimum Gasteiger partial charge on any atom is -0.467 e. The van der Waals surface area contributed by atoms with Crippen molar-refractivity contribution >= 4 is 5.96 Å². The highest BCUT2D eigenvalue weighted by molar-refractivity contribution is 5.79. The van der Waals surface area contributed by atoms with Crippen LogP contribution >= 0.6 is 0 Å². The molecule has 0 saturated carbocycles. The van der Waals surface area contributed by atoms with Gasteiger partial charge in [0.25, 0.3) is 0 Å². The van der Waals surface area contributed by atoms with Crippen LogP contribution in [0.4, 0.5) is 0 Å². The van der Waals surface area contributed by atoms with Crippen LogP contribution in [-0.4, -0.2) is 30.7 Å². The monoisotopic (exact) mass is 267 g/mol. The Balaban J connectivity index is 2.39. The summed E-state index contributed by atoms with van der Waals surface area (Å²) in [5.74, 6) is 1.29. The quantitative estimate of drug-likeness (QED) is 0.383. The van der Waals surface area contributed by atoms with Gasteiger partial charge in [-0.05, 0) is 25.5 Å². The van der Waals surface area contributed by atoms with Crippen LogP contribution in [0.25, 0.3) is 0 Å². The lowest BCUT2D eigenvalue weighted by Gasteiger charge is -2.12. The molecule has 0 radical (unpaired) electrons. The third-order valence-corrected chi connectivity index (χ3v) is 2.71. The van der Waals surface area contributed by atoms with E-state index in [2.05, 4.69) is 22.5 Å².